The van der Waals surface area contributed by atoms with Crippen LogP contribution in [0.3, 0.4) is 0 Å². The van der Waals surface area contributed by atoms with Gasteiger partial charge in [-0.15, -0.1) is 0 Å². The maximum Gasteiger partial charge on any atom is 0.220 e. The predicted molar refractivity (Wildman–Crippen MR) is 88.9 cm³/mol. The number of hydrogen-bond donors (Lipinski definition) is 2. The van der Waals surface area contributed by atoms with Crippen LogP contribution in [0.4, 0.5) is 0 Å². The highest BCUT2D eigenvalue weighted by atomic mass is 32.1. The van der Waals surface area contributed by atoms with Crippen LogP contribution in [0.15, 0.2) is 0 Å². The molecule has 3 nitrogen and oxygen atoms in total. The second kappa shape index (κ2) is 9.32. The van der Waals surface area contributed by atoms with E-state index < -0.39 is 0 Å². The SMILES string of the molecule is CNC(=S)[C@H](CC1CCCCC1)NC(=O)CCC(C)C. The van der Waals surface area contributed by atoms with Crippen molar-refractivity contribution in [2.75, 3.05) is 7.05 Å². The summed E-state index contributed by atoms with van der Waals surface area (Å²) in [4.78, 5) is 12.8. The Balaban J connectivity index is 2.46. The highest BCUT2D eigenvalue weighted by Gasteiger charge is 2.22. The molecular formula is C16H30N2OS. The second-order valence-electron chi connectivity index (χ2n) is 6.41. The summed E-state index contributed by atoms with van der Waals surface area (Å²) in [5, 5.41) is 6.17. The Bertz CT molecular complexity index is 312. The van der Waals surface area contributed by atoms with Crippen LogP contribution in [0.25, 0.3) is 0 Å². The zero-order valence-corrected chi connectivity index (χ0v) is 14.0. The monoisotopic (exact) mass is 298 g/mol. The van der Waals surface area contributed by atoms with Crippen molar-refractivity contribution in [2.24, 2.45) is 11.8 Å². The van der Waals surface area contributed by atoms with Gasteiger partial charge in [-0.05, 0) is 24.7 Å². The van der Waals surface area contributed by atoms with Gasteiger partial charge in [0.1, 0.15) is 0 Å². The topological polar surface area (TPSA) is 41.1 Å². The molecule has 4 heteroatoms. The Kier molecular flexibility index (Phi) is 8.12. The van der Waals surface area contributed by atoms with Gasteiger partial charge in [0.2, 0.25) is 5.91 Å². The predicted octanol–water partition coefficient (Wildman–Crippen LogP) is 3.42. The maximum absolute atomic E-state index is 12.0. The van der Waals surface area contributed by atoms with Crippen LogP contribution in [0, 0.1) is 11.8 Å². The number of carbonyl (C=O) groups excluding carboxylic acids is 1. The lowest BCUT2D eigenvalue weighted by molar-refractivity contribution is -0.121. The first-order valence-corrected chi connectivity index (χ1v) is 8.44. The smallest absolute Gasteiger partial charge is 0.220 e. The van der Waals surface area contributed by atoms with Crippen LogP contribution in [0.2, 0.25) is 0 Å². The van der Waals surface area contributed by atoms with Gasteiger partial charge in [0.25, 0.3) is 0 Å². The van der Waals surface area contributed by atoms with Crippen molar-refractivity contribution in [1.29, 1.82) is 0 Å². The van der Waals surface area contributed by atoms with Crippen LogP contribution in [0.5, 0.6) is 0 Å². The van der Waals surface area contributed by atoms with Gasteiger partial charge in [-0.25, -0.2) is 0 Å². The lowest BCUT2D eigenvalue weighted by Crippen LogP contribution is -2.46. The fraction of sp³-hybridized carbons (Fsp3) is 0.875. The first-order chi connectivity index (χ1) is 9.52. The molecule has 0 aliphatic heterocycles. The van der Waals surface area contributed by atoms with Crippen molar-refractivity contribution < 1.29 is 4.79 Å². The molecule has 1 fully saturated rings. The molecule has 1 rings (SSSR count). The summed E-state index contributed by atoms with van der Waals surface area (Å²) in [6, 6.07) is 0.0118. The molecule has 1 amide bonds. The van der Waals surface area contributed by atoms with Crippen molar-refractivity contribution >= 4 is 23.1 Å². The first-order valence-electron chi connectivity index (χ1n) is 8.04. The second-order valence-corrected chi connectivity index (χ2v) is 6.85. The summed E-state index contributed by atoms with van der Waals surface area (Å²) in [6.07, 6.45) is 9.11. The molecule has 0 unspecified atom stereocenters. The third kappa shape index (κ3) is 6.69. The lowest BCUT2D eigenvalue weighted by atomic mass is 9.84. The van der Waals surface area contributed by atoms with Crippen molar-refractivity contribution in [3.8, 4) is 0 Å². The molecule has 0 spiro atoms. The first kappa shape index (κ1) is 17.4. The zero-order chi connectivity index (χ0) is 15.0. The molecule has 1 aliphatic carbocycles. The van der Waals surface area contributed by atoms with Crippen LogP contribution in [0.1, 0.15) is 65.2 Å². The fourth-order valence-corrected chi connectivity index (χ4v) is 3.00. The molecule has 1 aliphatic rings. The van der Waals surface area contributed by atoms with Gasteiger partial charge in [0.05, 0.1) is 11.0 Å². The molecule has 0 radical (unpaired) electrons. The Hall–Kier alpha value is -0.640. The zero-order valence-electron chi connectivity index (χ0n) is 13.2. The normalized spacial score (nSPS) is 17.8. The summed E-state index contributed by atoms with van der Waals surface area (Å²) in [7, 11) is 1.84. The van der Waals surface area contributed by atoms with Gasteiger partial charge in [0, 0.05) is 13.5 Å². The summed E-state index contributed by atoms with van der Waals surface area (Å²) >= 11 is 5.37. The van der Waals surface area contributed by atoms with Gasteiger partial charge in [-0.2, -0.15) is 0 Å². The minimum Gasteiger partial charge on any atom is -0.381 e. The Morgan fingerprint density at radius 2 is 1.90 bits per heavy atom. The van der Waals surface area contributed by atoms with Crippen molar-refractivity contribution in [2.45, 2.75) is 71.3 Å². The number of likely N-dealkylation sites (N-methyl/N-ethyl adjacent to an activating group) is 1. The van der Waals surface area contributed by atoms with Gasteiger partial charge >= 0.3 is 0 Å². The quantitative estimate of drug-likeness (QED) is 0.708. The summed E-state index contributed by atoms with van der Waals surface area (Å²) in [5.74, 6) is 1.41. The molecule has 0 bridgehead atoms. The standard InChI is InChI=1S/C16H30N2OS/c1-12(2)9-10-15(19)18-14(16(20)17-3)11-13-7-5-4-6-8-13/h12-14H,4-11H2,1-3H3,(H,17,20)(H,18,19)/t14-/m0/s1. The van der Waals surface area contributed by atoms with Gasteiger partial charge in [-0.3, -0.25) is 4.79 Å². The van der Waals surface area contributed by atoms with E-state index in [1.54, 1.807) is 0 Å². The molecule has 2 N–H and O–H groups in total. The van der Waals surface area contributed by atoms with E-state index in [0.717, 1.165) is 17.8 Å². The van der Waals surface area contributed by atoms with E-state index in [-0.39, 0.29) is 11.9 Å². The third-order valence-electron chi connectivity index (χ3n) is 4.14. The highest BCUT2D eigenvalue weighted by molar-refractivity contribution is 7.80. The van der Waals surface area contributed by atoms with E-state index >= 15 is 0 Å². The molecule has 20 heavy (non-hydrogen) atoms. The van der Waals surface area contributed by atoms with Gasteiger partial charge < -0.3 is 10.6 Å². The Morgan fingerprint density at radius 1 is 1.25 bits per heavy atom. The van der Waals surface area contributed by atoms with E-state index in [1.165, 1.54) is 32.1 Å². The van der Waals surface area contributed by atoms with Crippen LogP contribution < -0.4 is 10.6 Å². The number of rotatable bonds is 7. The summed E-state index contributed by atoms with van der Waals surface area (Å²) < 4.78 is 0. The molecule has 0 aromatic rings. The molecular weight excluding hydrogens is 268 g/mol. The van der Waals surface area contributed by atoms with Crippen molar-refractivity contribution in [3.05, 3.63) is 0 Å². The molecule has 0 aromatic carbocycles. The average Bonchev–Trinajstić information content (AvgIpc) is 2.44. The number of carbonyl (C=O) groups is 1. The van der Waals surface area contributed by atoms with Crippen LogP contribution in [-0.4, -0.2) is 24.0 Å². The minimum absolute atomic E-state index is 0.0118. The van der Waals surface area contributed by atoms with Crippen LogP contribution in [-0.2, 0) is 4.79 Å². The average molecular weight is 298 g/mol. The molecule has 1 atom stereocenters. The summed E-state index contributed by atoms with van der Waals surface area (Å²) in [6.45, 7) is 4.29. The maximum atomic E-state index is 12.0. The minimum atomic E-state index is 0.0118. The van der Waals surface area contributed by atoms with Gasteiger partial charge in [0.15, 0.2) is 0 Å². The van der Waals surface area contributed by atoms with Crippen molar-refractivity contribution in [3.63, 3.8) is 0 Å². The molecule has 0 aromatic heterocycles. The van der Waals surface area contributed by atoms with Gasteiger partial charge in [-0.1, -0.05) is 58.2 Å². The van der Waals surface area contributed by atoms with E-state index in [1.807, 2.05) is 7.05 Å². The molecule has 116 valence electrons. The van der Waals surface area contributed by atoms with E-state index in [9.17, 15) is 4.79 Å². The number of hydrogen-bond acceptors (Lipinski definition) is 2. The summed E-state index contributed by atoms with van der Waals surface area (Å²) in [5.41, 5.74) is 0. The number of nitrogens with one attached hydrogen (secondary N) is 2. The van der Waals surface area contributed by atoms with Crippen molar-refractivity contribution in [1.82, 2.24) is 10.6 Å². The van der Waals surface area contributed by atoms with E-state index in [0.29, 0.717) is 18.3 Å². The Morgan fingerprint density at radius 3 is 2.45 bits per heavy atom. The third-order valence-corrected chi connectivity index (χ3v) is 4.63. The van der Waals surface area contributed by atoms with E-state index in [2.05, 4.69) is 24.5 Å². The number of amides is 1. The lowest BCUT2D eigenvalue weighted by Gasteiger charge is -2.27. The number of thiocarbonyl (C=S) groups is 1. The fourth-order valence-electron chi connectivity index (χ4n) is 2.85. The highest BCUT2D eigenvalue weighted by Crippen LogP contribution is 2.27. The Labute approximate surface area is 129 Å². The molecule has 0 saturated heterocycles. The largest absolute Gasteiger partial charge is 0.381 e. The molecule has 1 saturated carbocycles. The van der Waals surface area contributed by atoms with Crippen LogP contribution >= 0.6 is 12.2 Å². The molecule has 0 heterocycles. The van der Waals surface area contributed by atoms with E-state index in [4.69, 9.17) is 12.2 Å².